The van der Waals surface area contributed by atoms with Crippen molar-refractivity contribution in [3.63, 3.8) is 0 Å². The number of carbonyl (C=O) groups is 2. The number of nitrogens with zero attached hydrogens (tertiary/aromatic N) is 5. The van der Waals surface area contributed by atoms with Gasteiger partial charge in [-0.3, -0.25) is 14.3 Å². The van der Waals surface area contributed by atoms with Crippen molar-refractivity contribution in [2.45, 2.75) is 56.7 Å². The minimum Gasteiger partial charge on any atom is -0.497 e. The molecule has 224 valence electrons. The number of amides is 1. The Bertz CT molecular complexity index is 1570. The lowest BCUT2D eigenvalue weighted by molar-refractivity contribution is -0.167. The Hall–Kier alpha value is -4.43. The molecule has 1 saturated carbocycles. The minimum atomic E-state index is -1.11. The summed E-state index contributed by atoms with van der Waals surface area (Å²) in [6, 6.07) is 14.6. The summed E-state index contributed by atoms with van der Waals surface area (Å²) in [4.78, 5) is 28.9. The number of fused-ring (bicyclic) bond motifs is 2. The maximum atomic E-state index is 14.2. The molecule has 11 heteroatoms. The van der Waals surface area contributed by atoms with Gasteiger partial charge in [0.05, 0.1) is 43.9 Å². The van der Waals surface area contributed by atoms with Gasteiger partial charge < -0.3 is 24.8 Å². The number of aliphatic hydroxyl groups is 1. The predicted molar refractivity (Wildman–Crippen MR) is 156 cm³/mol. The maximum absolute atomic E-state index is 14.2. The summed E-state index contributed by atoms with van der Waals surface area (Å²) in [5, 5.41) is 33.2. The fraction of sp³-hybridized carbons (Fsp3) is 0.469. The van der Waals surface area contributed by atoms with Crippen molar-refractivity contribution >= 4 is 17.6 Å². The number of nitriles is 1. The number of benzene rings is 2. The molecule has 2 N–H and O–H groups in total. The molecule has 3 heterocycles. The molecule has 0 unspecified atom stereocenters. The molecule has 2 aliphatic heterocycles. The van der Waals surface area contributed by atoms with Crippen LogP contribution in [0.5, 0.6) is 5.75 Å². The van der Waals surface area contributed by atoms with Crippen LogP contribution in [0.3, 0.4) is 0 Å². The zero-order valence-corrected chi connectivity index (χ0v) is 24.6. The number of likely N-dealkylation sites (tertiary alicyclic amines) is 1. The monoisotopic (exact) mass is 584 g/mol. The molecular formula is C32H36N6O5. The summed E-state index contributed by atoms with van der Waals surface area (Å²) in [6.07, 6.45) is 5.24. The van der Waals surface area contributed by atoms with Crippen LogP contribution >= 0.6 is 0 Å². The molecule has 1 aliphatic carbocycles. The molecule has 1 saturated heterocycles. The molecule has 0 bridgehead atoms. The van der Waals surface area contributed by atoms with E-state index in [0.717, 1.165) is 16.9 Å². The summed E-state index contributed by atoms with van der Waals surface area (Å²) < 4.78 is 12.1. The third-order valence-corrected chi connectivity index (χ3v) is 10.0. The van der Waals surface area contributed by atoms with Crippen molar-refractivity contribution in [2.24, 2.45) is 17.3 Å². The normalized spacial score (nSPS) is 29.7. The molecule has 1 amide bonds. The molecule has 11 nitrogen and oxygen atoms in total. The number of ether oxygens (including phenoxy) is 2. The Morgan fingerprint density at radius 1 is 1.21 bits per heavy atom. The minimum absolute atomic E-state index is 0.191. The quantitative estimate of drug-likeness (QED) is 0.316. The van der Waals surface area contributed by atoms with Crippen molar-refractivity contribution in [1.82, 2.24) is 19.9 Å². The van der Waals surface area contributed by atoms with Crippen molar-refractivity contribution in [2.75, 3.05) is 26.1 Å². The van der Waals surface area contributed by atoms with E-state index in [1.54, 1.807) is 16.7 Å². The third kappa shape index (κ3) is 4.70. The van der Waals surface area contributed by atoms with E-state index in [1.807, 2.05) is 54.7 Å². The molecular weight excluding hydrogens is 548 g/mol. The molecule has 1 aromatic heterocycles. The maximum Gasteiger partial charge on any atom is 0.311 e. The first kappa shape index (κ1) is 28.7. The van der Waals surface area contributed by atoms with Crippen LogP contribution in [-0.2, 0) is 26.3 Å². The number of carbonyl (C=O) groups excluding carboxylic acids is 2. The molecule has 2 fully saturated rings. The fourth-order valence-electron chi connectivity index (χ4n) is 7.74. The number of hydrogen-bond donors (Lipinski definition) is 2. The topological polar surface area (TPSA) is 143 Å². The Morgan fingerprint density at radius 2 is 1.98 bits per heavy atom. The summed E-state index contributed by atoms with van der Waals surface area (Å²) in [6.45, 7) is 2.82. The molecule has 0 radical (unpaired) electrons. The molecule has 3 aromatic rings. The second-order valence-corrected chi connectivity index (χ2v) is 12.2. The number of rotatable bonds is 7. The number of esters is 1. The zero-order valence-electron chi connectivity index (χ0n) is 24.6. The van der Waals surface area contributed by atoms with Gasteiger partial charge in [0.15, 0.2) is 6.19 Å². The highest BCUT2D eigenvalue weighted by atomic mass is 16.5. The highest BCUT2D eigenvalue weighted by Crippen LogP contribution is 2.56. The van der Waals surface area contributed by atoms with Crippen molar-refractivity contribution in [3.8, 4) is 23.2 Å². The number of piperidine rings is 1. The second-order valence-electron chi connectivity index (χ2n) is 12.2. The standard InChI is InChI=1S/C32H36N6O5/c1-31-13-12-26(39)28(29(40)43-3)23(31)16-27(37(18-31)19-33)32(22-6-4-5-7-24(22)34-30(32)41)14-15-38-17-25(35-36-38)20-8-10-21(42-2)11-9-20/h4-11,17,23,26-28,39H,12-16,18H2,1-3H3,(H,34,41)/t23-,26+,27+,28-,31+,32+/m1/s1. The van der Waals surface area contributed by atoms with Gasteiger partial charge >= 0.3 is 5.97 Å². The van der Waals surface area contributed by atoms with Crippen LogP contribution < -0.4 is 10.1 Å². The molecule has 3 aliphatic rings. The zero-order chi connectivity index (χ0) is 30.4. The number of aryl methyl sites for hydroxylation is 1. The Labute approximate surface area is 250 Å². The van der Waals surface area contributed by atoms with E-state index in [9.17, 15) is 20.0 Å². The highest BCUT2D eigenvalue weighted by molar-refractivity contribution is 6.07. The number of aliphatic hydroxyl groups excluding tert-OH is 1. The summed E-state index contributed by atoms with van der Waals surface area (Å²) in [5.41, 5.74) is 1.59. The van der Waals surface area contributed by atoms with E-state index in [-0.39, 0.29) is 11.8 Å². The lowest BCUT2D eigenvalue weighted by Crippen LogP contribution is -2.64. The third-order valence-electron chi connectivity index (χ3n) is 10.0. The SMILES string of the molecule is COC(=O)[C@@H]1[C@H]2C[C@@H]([C@@]3(CCn4cc(-c5ccc(OC)cc5)nn4)C(=O)Nc4ccccc43)N(C#N)C[C@]2(C)CC[C@@H]1O. The van der Waals surface area contributed by atoms with Crippen molar-refractivity contribution in [3.05, 3.63) is 60.3 Å². The van der Waals surface area contributed by atoms with Crippen molar-refractivity contribution in [1.29, 1.82) is 5.26 Å². The van der Waals surface area contributed by atoms with E-state index >= 15 is 0 Å². The first-order valence-corrected chi connectivity index (χ1v) is 14.6. The van der Waals surface area contributed by atoms with E-state index in [2.05, 4.69) is 28.7 Å². The average Bonchev–Trinajstić information content (AvgIpc) is 3.61. The predicted octanol–water partition coefficient (Wildman–Crippen LogP) is 3.36. The Morgan fingerprint density at radius 3 is 2.70 bits per heavy atom. The lowest BCUT2D eigenvalue weighted by atomic mass is 9.54. The van der Waals surface area contributed by atoms with E-state index in [4.69, 9.17) is 9.47 Å². The van der Waals surface area contributed by atoms with Crippen LogP contribution in [0, 0.1) is 28.7 Å². The summed E-state index contributed by atoms with van der Waals surface area (Å²) in [5.74, 6) is -0.903. The molecule has 43 heavy (non-hydrogen) atoms. The Kier molecular flexibility index (Phi) is 7.34. The number of para-hydroxylation sites is 1. The van der Waals surface area contributed by atoms with Gasteiger partial charge in [-0.2, -0.15) is 5.26 Å². The van der Waals surface area contributed by atoms with Crippen LogP contribution in [0.1, 0.15) is 38.2 Å². The smallest absolute Gasteiger partial charge is 0.311 e. The number of methoxy groups -OCH3 is 2. The second kappa shape index (κ2) is 11.0. The van der Waals surface area contributed by atoms with Gasteiger partial charge in [-0.15, -0.1) is 5.10 Å². The van der Waals surface area contributed by atoms with Gasteiger partial charge in [0.25, 0.3) is 0 Å². The lowest BCUT2D eigenvalue weighted by Gasteiger charge is -2.56. The van der Waals surface area contributed by atoms with Crippen LogP contribution in [0.2, 0.25) is 0 Å². The van der Waals surface area contributed by atoms with Gasteiger partial charge in [0.2, 0.25) is 5.91 Å². The van der Waals surface area contributed by atoms with Gasteiger partial charge in [0.1, 0.15) is 11.4 Å². The molecule has 2 aromatic carbocycles. The van der Waals surface area contributed by atoms with Crippen LogP contribution in [0.4, 0.5) is 5.69 Å². The van der Waals surface area contributed by atoms with Gasteiger partial charge in [-0.05, 0) is 72.9 Å². The van der Waals surface area contributed by atoms with Crippen LogP contribution in [0.25, 0.3) is 11.3 Å². The number of nitrogens with one attached hydrogen (secondary N) is 1. The summed E-state index contributed by atoms with van der Waals surface area (Å²) >= 11 is 0. The molecule has 6 atom stereocenters. The van der Waals surface area contributed by atoms with E-state index in [0.29, 0.717) is 50.2 Å². The van der Waals surface area contributed by atoms with Gasteiger partial charge in [-0.1, -0.05) is 30.3 Å². The van der Waals surface area contributed by atoms with Crippen LogP contribution in [-0.4, -0.2) is 69.8 Å². The van der Waals surface area contributed by atoms with Gasteiger partial charge in [-0.25, -0.2) is 0 Å². The number of aromatic nitrogens is 3. The fourth-order valence-corrected chi connectivity index (χ4v) is 7.74. The largest absolute Gasteiger partial charge is 0.497 e. The average molecular weight is 585 g/mol. The number of hydrogen-bond acceptors (Lipinski definition) is 9. The highest BCUT2D eigenvalue weighted by Gasteiger charge is 2.61. The Balaban J connectivity index is 1.37. The first-order valence-electron chi connectivity index (χ1n) is 14.6. The van der Waals surface area contributed by atoms with Gasteiger partial charge in [0, 0.05) is 24.3 Å². The van der Waals surface area contributed by atoms with Crippen LogP contribution in [0.15, 0.2) is 54.7 Å². The molecule has 0 spiro atoms. The number of anilines is 1. The summed E-state index contributed by atoms with van der Waals surface area (Å²) in [7, 11) is 2.95. The molecule has 6 rings (SSSR count). The van der Waals surface area contributed by atoms with E-state index < -0.39 is 34.9 Å². The first-order chi connectivity index (χ1) is 20.7. The van der Waals surface area contributed by atoms with E-state index in [1.165, 1.54) is 7.11 Å². The van der Waals surface area contributed by atoms with Crippen molar-refractivity contribution < 1.29 is 24.2 Å².